The van der Waals surface area contributed by atoms with Crippen LogP contribution < -0.4 is 0 Å². The zero-order valence-corrected chi connectivity index (χ0v) is 14.5. The van der Waals surface area contributed by atoms with Crippen LogP contribution in [0.4, 0.5) is 0 Å². The average molecular weight is 247 g/mol. The van der Waals surface area contributed by atoms with Crippen LogP contribution in [0.3, 0.4) is 0 Å². The maximum Gasteiger partial charge on any atom is 0.154 e. The van der Waals surface area contributed by atoms with Gasteiger partial charge in [-0.05, 0) is 25.3 Å². The molecular formula is C12H30OSi2. The minimum absolute atomic E-state index is 0.519. The normalized spacial score (nSPS) is 15.8. The van der Waals surface area contributed by atoms with Crippen LogP contribution in [0.5, 0.6) is 0 Å². The van der Waals surface area contributed by atoms with E-state index in [1.807, 2.05) is 0 Å². The maximum atomic E-state index is 6.14. The van der Waals surface area contributed by atoms with E-state index in [1.165, 1.54) is 47.9 Å². The molecule has 0 aromatic heterocycles. The second-order valence-electron chi connectivity index (χ2n) is 5.24. The van der Waals surface area contributed by atoms with Crippen molar-refractivity contribution in [3.05, 3.63) is 0 Å². The molecule has 1 nitrogen and oxygen atoms in total. The van der Waals surface area contributed by atoms with Crippen LogP contribution in [0.25, 0.3) is 0 Å². The molecule has 0 aromatic rings. The zero-order chi connectivity index (χ0) is 11.7. The van der Waals surface area contributed by atoms with E-state index in [-0.39, 0.29) is 0 Å². The first-order valence-corrected chi connectivity index (χ1v) is 12.6. The SMILES string of the molecule is CCCCCC[SiH]([SiH3])OC(C)CC(C)C. The quantitative estimate of drug-likeness (QED) is 0.449. The van der Waals surface area contributed by atoms with Crippen LogP contribution in [0.2, 0.25) is 6.04 Å². The molecule has 2 unspecified atom stereocenters. The molecule has 0 spiro atoms. The molecule has 0 radical (unpaired) electrons. The molecule has 0 N–H and O–H groups in total. The van der Waals surface area contributed by atoms with E-state index in [4.69, 9.17) is 4.43 Å². The highest BCUT2D eigenvalue weighted by molar-refractivity contribution is 6.99. The summed E-state index contributed by atoms with van der Waals surface area (Å²) >= 11 is 0. The lowest BCUT2D eigenvalue weighted by atomic mass is 10.1. The molecule has 0 saturated carbocycles. The fourth-order valence-electron chi connectivity index (χ4n) is 2.04. The first kappa shape index (κ1) is 15.4. The summed E-state index contributed by atoms with van der Waals surface area (Å²) in [7, 11) is 0.600. The Hall–Kier alpha value is 0.394. The molecule has 92 valence electrons. The standard InChI is InChI=1S/C12H30OSi2/c1-5-6-7-8-9-15(14)13-12(4)10-11(2)3/h11-12,15H,5-10H2,1-4,14H3. The van der Waals surface area contributed by atoms with Crippen LogP contribution in [-0.4, -0.2) is 24.4 Å². The van der Waals surface area contributed by atoms with Gasteiger partial charge in [-0.2, -0.15) is 0 Å². The molecule has 0 bridgehead atoms. The Kier molecular flexibility index (Phi) is 9.86. The molecular weight excluding hydrogens is 216 g/mol. The highest BCUT2D eigenvalue weighted by Crippen LogP contribution is 2.11. The summed E-state index contributed by atoms with van der Waals surface area (Å²) in [4.78, 5) is 0. The summed E-state index contributed by atoms with van der Waals surface area (Å²) < 4.78 is 6.14. The van der Waals surface area contributed by atoms with Crippen molar-refractivity contribution in [2.45, 2.75) is 71.9 Å². The van der Waals surface area contributed by atoms with Gasteiger partial charge in [0.1, 0.15) is 0 Å². The van der Waals surface area contributed by atoms with Crippen molar-refractivity contribution in [1.29, 1.82) is 0 Å². The lowest BCUT2D eigenvalue weighted by Crippen LogP contribution is -2.25. The maximum absolute atomic E-state index is 6.14. The molecule has 0 aliphatic heterocycles. The van der Waals surface area contributed by atoms with Crippen molar-refractivity contribution in [1.82, 2.24) is 0 Å². The summed E-state index contributed by atoms with van der Waals surface area (Å²) in [6.07, 6.45) is 7.35. The highest BCUT2D eigenvalue weighted by atomic mass is 29.2. The Balaban J connectivity index is 3.42. The third kappa shape index (κ3) is 10.7. The minimum atomic E-state index is -0.723. The van der Waals surface area contributed by atoms with Crippen molar-refractivity contribution in [3.8, 4) is 0 Å². The third-order valence-electron chi connectivity index (χ3n) is 2.73. The van der Waals surface area contributed by atoms with Gasteiger partial charge in [-0.1, -0.05) is 46.5 Å². The molecule has 15 heavy (non-hydrogen) atoms. The van der Waals surface area contributed by atoms with Crippen molar-refractivity contribution >= 4 is 18.3 Å². The van der Waals surface area contributed by atoms with Gasteiger partial charge in [0.2, 0.25) is 0 Å². The van der Waals surface area contributed by atoms with Crippen molar-refractivity contribution in [2.24, 2.45) is 5.92 Å². The second kappa shape index (κ2) is 9.61. The van der Waals surface area contributed by atoms with E-state index >= 15 is 0 Å². The number of unbranched alkanes of at least 4 members (excludes halogenated alkanes) is 3. The van der Waals surface area contributed by atoms with Gasteiger partial charge in [0.05, 0.1) is 0 Å². The van der Waals surface area contributed by atoms with Gasteiger partial charge < -0.3 is 4.43 Å². The molecule has 0 aromatic carbocycles. The van der Waals surface area contributed by atoms with Gasteiger partial charge in [0, 0.05) is 15.9 Å². The van der Waals surface area contributed by atoms with Crippen molar-refractivity contribution < 1.29 is 4.43 Å². The molecule has 0 fully saturated rings. The van der Waals surface area contributed by atoms with Crippen LogP contribution >= 0.6 is 0 Å². The molecule has 0 heterocycles. The molecule has 3 heteroatoms. The Morgan fingerprint density at radius 3 is 2.33 bits per heavy atom. The van der Waals surface area contributed by atoms with Crippen molar-refractivity contribution in [3.63, 3.8) is 0 Å². The number of hydrogen-bond acceptors (Lipinski definition) is 1. The smallest absolute Gasteiger partial charge is 0.154 e. The molecule has 0 rings (SSSR count). The summed E-state index contributed by atoms with van der Waals surface area (Å²) in [6.45, 7) is 9.09. The first-order chi connectivity index (χ1) is 7.06. The third-order valence-corrected chi connectivity index (χ3v) is 7.43. The van der Waals surface area contributed by atoms with Gasteiger partial charge in [0.15, 0.2) is 8.56 Å². The second-order valence-corrected chi connectivity index (χ2v) is 11.6. The van der Waals surface area contributed by atoms with Gasteiger partial charge in [-0.3, -0.25) is 0 Å². The predicted molar refractivity (Wildman–Crippen MR) is 76.0 cm³/mol. The molecule has 2 atom stereocenters. The van der Waals surface area contributed by atoms with Gasteiger partial charge in [0.25, 0.3) is 0 Å². The van der Waals surface area contributed by atoms with E-state index in [0.29, 0.717) is 6.10 Å². The summed E-state index contributed by atoms with van der Waals surface area (Å²) in [5.41, 5.74) is 0. The lowest BCUT2D eigenvalue weighted by Gasteiger charge is -2.20. The topological polar surface area (TPSA) is 9.23 Å². The Morgan fingerprint density at radius 2 is 1.80 bits per heavy atom. The monoisotopic (exact) mass is 246 g/mol. The fourth-order valence-corrected chi connectivity index (χ4v) is 6.57. The van der Waals surface area contributed by atoms with Crippen LogP contribution in [0, 0.1) is 5.92 Å². The summed E-state index contributed by atoms with van der Waals surface area (Å²) in [5.74, 6) is 0.781. The predicted octanol–water partition coefficient (Wildman–Crippen LogP) is 2.60. The van der Waals surface area contributed by atoms with E-state index in [1.54, 1.807) is 0 Å². The van der Waals surface area contributed by atoms with Crippen LogP contribution in [0.15, 0.2) is 0 Å². The Morgan fingerprint density at radius 1 is 1.13 bits per heavy atom. The summed E-state index contributed by atoms with van der Waals surface area (Å²) in [5, 5.41) is 0. The molecule has 0 aliphatic carbocycles. The minimum Gasteiger partial charge on any atom is -0.422 e. The summed E-state index contributed by atoms with van der Waals surface area (Å²) in [6, 6.07) is 1.43. The van der Waals surface area contributed by atoms with Gasteiger partial charge >= 0.3 is 0 Å². The number of hydrogen-bond donors (Lipinski definition) is 0. The molecule has 0 aliphatic rings. The number of rotatable bonds is 9. The van der Waals surface area contributed by atoms with E-state index in [9.17, 15) is 0 Å². The van der Waals surface area contributed by atoms with Crippen molar-refractivity contribution in [2.75, 3.05) is 0 Å². The average Bonchev–Trinajstić information content (AvgIpc) is 2.10. The Labute approximate surface area is 101 Å². The van der Waals surface area contributed by atoms with E-state index in [2.05, 4.69) is 27.7 Å². The van der Waals surface area contributed by atoms with E-state index in [0.717, 1.165) is 5.92 Å². The van der Waals surface area contributed by atoms with E-state index < -0.39 is 8.56 Å². The van der Waals surface area contributed by atoms with Crippen LogP contribution in [0.1, 0.15) is 59.8 Å². The van der Waals surface area contributed by atoms with Crippen LogP contribution in [-0.2, 0) is 4.43 Å². The highest BCUT2D eigenvalue weighted by Gasteiger charge is 2.10. The zero-order valence-electron chi connectivity index (χ0n) is 11.4. The lowest BCUT2D eigenvalue weighted by molar-refractivity contribution is 0.198. The van der Waals surface area contributed by atoms with Gasteiger partial charge in [-0.15, -0.1) is 0 Å². The largest absolute Gasteiger partial charge is 0.422 e. The first-order valence-electron chi connectivity index (χ1n) is 6.71. The fraction of sp³-hybridized carbons (Fsp3) is 1.00. The Bertz CT molecular complexity index is 140. The van der Waals surface area contributed by atoms with Gasteiger partial charge in [-0.25, -0.2) is 0 Å². The molecule has 0 amide bonds. The molecule has 0 saturated heterocycles.